The Bertz CT molecular complexity index is 504. The molecule has 0 fully saturated rings. The lowest BCUT2D eigenvalue weighted by atomic mass is 10.2. The highest BCUT2D eigenvalue weighted by atomic mass is 16.5. The van der Waals surface area contributed by atoms with Crippen LogP contribution < -0.4 is 5.32 Å². The third kappa shape index (κ3) is 4.13. The van der Waals surface area contributed by atoms with E-state index in [-0.39, 0.29) is 0 Å². The van der Waals surface area contributed by atoms with E-state index < -0.39 is 0 Å². The maximum absolute atomic E-state index is 5.05. The van der Waals surface area contributed by atoms with Gasteiger partial charge in [-0.25, -0.2) is 4.68 Å². The Labute approximate surface area is 112 Å². The maximum atomic E-state index is 5.05. The zero-order valence-corrected chi connectivity index (χ0v) is 11.6. The molecule has 0 radical (unpaired) electrons. The molecule has 0 saturated heterocycles. The van der Waals surface area contributed by atoms with Crippen molar-refractivity contribution in [1.82, 2.24) is 30.5 Å². The molecule has 1 N–H and O–H groups in total. The highest BCUT2D eigenvalue weighted by Crippen LogP contribution is 2.01. The van der Waals surface area contributed by atoms with Crippen LogP contribution in [0.2, 0.25) is 0 Å². The molecule has 2 aromatic rings. The number of hydrogen-bond acceptors (Lipinski definition) is 6. The minimum Gasteiger partial charge on any atom is -0.339 e. The van der Waals surface area contributed by atoms with Crippen LogP contribution in [0.15, 0.2) is 10.7 Å². The van der Waals surface area contributed by atoms with Crippen LogP contribution in [0.4, 0.5) is 0 Å². The maximum Gasteiger partial charge on any atom is 0.226 e. The summed E-state index contributed by atoms with van der Waals surface area (Å²) >= 11 is 0. The molecule has 0 aliphatic carbocycles. The van der Waals surface area contributed by atoms with Crippen molar-refractivity contribution in [2.75, 3.05) is 6.54 Å². The molecule has 0 saturated carbocycles. The molecule has 7 heteroatoms. The third-order valence-electron chi connectivity index (χ3n) is 2.56. The van der Waals surface area contributed by atoms with E-state index in [2.05, 4.69) is 39.6 Å². The van der Waals surface area contributed by atoms with Gasteiger partial charge in [0.25, 0.3) is 0 Å². The zero-order valence-electron chi connectivity index (χ0n) is 11.6. The van der Waals surface area contributed by atoms with Crippen molar-refractivity contribution in [3.05, 3.63) is 23.6 Å². The normalized spacial score (nSPS) is 11.4. The average Bonchev–Trinajstić information content (AvgIpc) is 2.99. The number of aromatic nitrogens is 5. The van der Waals surface area contributed by atoms with Crippen LogP contribution in [0.1, 0.15) is 38.2 Å². The van der Waals surface area contributed by atoms with Crippen LogP contribution in [0, 0.1) is 5.92 Å². The Morgan fingerprint density at radius 3 is 2.95 bits per heavy atom. The van der Waals surface area contributed by atoms with Crippen molar-refractivity contribution in [2.24, 2.45) is 5.92 Å². The Balaban J connectivity index is 1.86. The highest BCUT2D eigenvalue weighted by Gasteiger charge is 2.07. The number of aryl methyl sites for hydroxylation is 1. The van der Waals surface area contributed by atoms with E-state index in [0.717, 1.165) is 25.2 Å². The molecule has 2 heterocycles. The van der Waals surface area contributed by atoms with E-state index in [0.29, 0.717) is 24.2 Å². The van der Waals surface area contributed by atoms with E-state index in [1.165, 1.54) is 0 Å². The quantitative estimate of drug-likeness (QED) is 0.804. The average molecular weight is 264 g/mol. The minimum absolute atomic E-state index is 0.487. The Hall–Kier alpha value is -1.76. The van der Waals surface area contributed by atoms with Crippen molar-refractivity contribution in [3.63, 3.8) is 0 Å². The predicted octanol–water partition coefficient (Wildman–Crippen LogP) is 1.02. The van der Waals surface area contributed by atoms with Crippen LogP contribution in [0.25, 0.3) is 0 Å². The molecule has 0 aliphatic rings. The third-order valence-corrected chi connectivity index (χ3v) is 2.56. The molecule has 0 aliphatic heterocycles. The smallest absolute Gasteiger partial charge is 0.226 e. The van der Waals surface area contributed by atoms with Gasteiger partial charge in [-0.05, 0) is 12.5 Å². The molecule has 7 nitrogen and oxygen atoms in total. The Morgan fingerprint density at radius 2 is 2.26 bits per heavy atom. The van der Waals surface area contributed by atoms with E-state index >= 15 is 0 Å². The fraction of sp³-hybridized carbons (Fsp3) is 0.667. The van der Waals surface area contributed by atoms with Crippen LogP contribution in [-0.2, 0) is 19.5 Å². The Kier molecular flexibility index (Phi) is 4.62. The summed E-state index contributed by atoms with van der Waals surface area (Å²) in [6.07, 6.45) is 2.64. The van der Waals surface area contributed by atoms with E-state index in [4.69, 9.17) is 4.52 Å². The first-order valence-electron chi connectivity index (χ1n) is 6.58. The second kappa shape index (κ2) is 6.42. The second-order valence-electron chi connectivity index (χ2n) is 4.89. The first-order chi connectivity index (χ1) is 9.17. The van der Waals surface area contributed by atoms with Crippen molar-refractivity contribution in [2.45, 2.75) is 40.3 Å². The van der Waals surface area contributed by atoms with Gasteiger partial charge < -0.3 is 9.84 Å². The summed E-state index contributed by atoms with van der Waals surface area (Å²) < 4.78 is 6.77. The SMILES string of the molecule is CCc1nc(Cn2cc(CNCC(C)C)nn2)no1. The van der Waals surface area contributed by atoms with Gasteiger partial charge >= 0.3 is 0 Å². The van der Waals surface area contributed by atoms with Gasteiger partial charge in [-0.3, -0.25) is 0 Å². The molecule has 2 aromatic heterocycles. The summed E-state index contributed by atoms with van der Waals surface area (Å²) in [6.45, 7) is 8.50. The van der Waals surface area contributed by atoms with Gasteiger partial charge in [0.1, 0.15) is 6.54 Å². The molecule has 0 bridgehead atoms. The minimum atomic E-state index is 0.487. The summed E-state index contributed by atoms with van der Waals surface area (Å²) in [5.74, 6) is 1.90. The zero-order chi connectivity index (χ0) is 13.7. The summed E-state index contributed by atoms with van der Waals surface area (Å²) in [6, 6.07) is 0. The molecule has 2 rings (SSSR count). The van der Waals surface area contributed by atoms with Crippen molar-refractivity contribution in [3.8, 4) is 0 Å². The molecule has 0 unspecified atom stereocenters. The molecule has 104 valence electrons. The Morgan fingerprint density at radius 1 is 1.42 bits per heavy atom. The van der Waals surface area contributed by atoms with Gasteiger partial charge in [-0.2, -0.15) is 4.98 Å². The van der Waals surface area contributed by atoms with Gasteiger partial charge in [0, 0.05) is 13.0 Å². The van der Waals surface area contributed by atoms with Crippen LogP contribution in [0.5, 0.6) is 0 Å². The summed E-state index contributed by atoms with van der Waals surface area (Å²) in [4.78, 5) is 4.24. The van der Waals surface area contributed by atoms with Gasteiger partial charge in [0.2, 0.25) is 5.89 Å². The molecule has 0 amide bonds. The first kappa shape index (κ1) is 13.7. The monoisotopic (exact) mass is 264 g/mol. The van der Waals surface area contributed by atoms with E-state index in [9.17, 15) is 0 Å². The highest BCUT2D eigenvalue weighted by molar-refractivity contribution is 4.94. The molecular weight excluding hydrogens is 244 g/mol. The largest absolute Gasteiger partial charge is 0.339 e. The molecule has 0 atom stereocenters. The summed E-state index contributed by atoms with van der Waals surface area (Å²) in [5, 5.41) is 15.4. The van der Waals surface area contributed by atoms with Gasteiger partial charge in [-0.1, -0.05) is 31.1 Å². The number of nitrogens with one attached hydrogen (secondary N) is 1. The van der Waals surface area contributed by atoms with Crippen LogP contribution in [0.3, 0.4) is 0 Å². The lowest BCUT2D eigenvalue weighted by Crippen LogP contribution is -2.19. The standard InChI is InChI=1S/C12H20N6O/c1-4-12-14-11(16-19-12)8-18-7-10(15-17-18)6-13-5-9(2)3/h7,9,13H,4-6,8H2,1-3H3. The van der Waals surface area contributed by atoms with Crippen LogP contribution >= 0.6 is 0 Å². The van der Waals surface area contributed by atoms with Crippen LogP contribution in [-0.4, -0.2) is 31.7 Å². The first-order valence-corrected chi connectivity index (χ1v) is 6.58. The lowest BCUT2D eigenvalue weighted by molar-refractivity contribution is 0.374. The number of rotatable bonds is 7. The van der Waals surface area contributed by atoms with Gasteiger partial charge in [0.05, 0.1) is 11.9 Å². The number of nitrogens with zero attached hydrogens (tertiary/aromatic N) is 5. The summed E-state index contributed by atoms with van der Waals surface area (Å²) in [7, 11) is 0. The summed E-state index contributed by atoms with van der Waals surface area (Å²) in [5.41, 5.74) is 0.917. The van der Waals surface area contributed by atoms with Crippen molar-refractivity contribution < 1.29 is 4.52 Å². The van der Waals surface area contributed by atoms with Gasteiger partial charge in [0.15, 0.2) is 5.82 Å². The predicted molar refractivity (Wildman–Crippen MR) is 69.3 cm³/mol. The fourth-order valence-corrected chi connectivity index (χ4v) is 1.63. The molecule has 19 heavy (non-hydrogen) atoms. The molecule has 0 spiro atoms. The lowest BCUT2D eigenvalue weighted by Gasteiger charge is -2.04. The molecular formula is C12H20N6O. The fourth-order valence-electron chi connectivity index (χ4n) is 1.63. The van der Waals surface area contributed by atoms with Crippen molar-refractivity contribution in [1.29, 1.82) is 0 Å². The topological polar surface area (TPSA) is 81.7 Å². The van der Waals surface area contributed by atoms with E-state index in [1.54, 1.807) is 4.68 Å². The van der Waals surface area contributed by atoms with Gasteiger partial charge in [-0.15, -0.1) is 5.10 Å². The van der Waals surface area contributed by atoms with Crippen molar-refractivity contribution >= 4 is 0 Å². The second-order valence-corrected chi connectivity index (χ2v) is 4.89. The molecule has 0 aromatic carbocycles. The van der Waals surface area contributed by atoms with E-state index in [1.807, 2.05) is 13.1 Å². The number of hydrogen-bond donors (Lipinski definition) is 1.